The Kier molecular flexibility index (Phi) is 6.87. The van der Waals surface area contributed by atoms with Crippen molar-refractivity contribution in [2.45, 2.75) is 24.0 Å². The van der Waals surface area contributed by atoms with Gasteiger partial charge in [-0.3, -0.25) is 9.59 Å². The molecule has 0 radical (unpaired) electrons. The summed E-state index contributed by atoms with van der Waals surface area (Å²) in [4.78, 5) is 24.0. The van der Waals surface area contributed by atoms with E-state index in [4.69, 9.17) is 5.73 Å². The van der Waals surface area contributed by atoms with Crippen molar-refractivity contribution in [2.24, 2.45) is 5.73 Å². The van der Waals surface area contributed by atoms with Gasteiger partial charge in [-0.2, -0.15) is 0 Å². The minimum atomic E-state index is -0.811. The van der Waals surface area contributed by atoms with E-state index in [0.29, 0.717) is 11.3 Å². The van der Waals surface area contributed by atoms with Gasteiger partial charge in [-0.1, -0.05) is 58.4 Å². The topological polar surface area (TPSA) is 72.2 Å². The van der Waals surface area contributed by atoms with E-state index in [1.807, 2.05) is 49.4 Å². The zero-order chi connectivity index (χ0) is 17.5. The van der Waals surface area contributed by atoms with Crippen LogP contribution in [0.2, 0.25) is 0 Å². The van der Waals surface area contributed by atoms with Gasteiger partial charge < -0.3 is 11.1 Å². The average molecular weight is 407 g/mol. The molecule has 0 heterocycles. The Labute approximate surface area is 154 Å². The van der Waals surface area contributed by atoms with Gasteiger partial charge in [0.1, 0.15) is 6.04 Å². The van der Waals surface area contributed by atoms with Crippen LogP contribution in [-0.2, 0) is 15.3 Å². The number of benzene rings is 2. The molecule has 2 atom stereocenters. The number of nitrogens with two attached hydrogens (primary N) is 1. The summed E-state index contributed by atoms with van der Waals surface area (Å²) in [6.45, 7) is 1.82. The fraction of sp³-hybridized carbons (Fsp3) is 0.222. The number of thioether (sulfide) groups is 1. The Balaban J connectivity index is 1.94. The number of halogens is 1. The molecule has 2 amide bonds. The lowest BCUT2D eigenvalue weighted by Crippen LogP contribution is -2.40. The van der Waals surface area contributed by atoms with Gasteiger partial charge in [-0.05, 0) is 30.2 Å². The lowest BCUT2D eigenvalue weighted by molar-refractivity contribution is -0.127. The average Bonchev–Trinajstić information content (AvgIpc) is 2.59. The van der Waals surface area contributed by atoms with Crippen LogP contribution in [0.15, 0.2) is 59.1 Å². The maximum absolute atomic E-state index is 12.4. The number of carbonyl (C=O) groups excluding carboxylic acids is 2. The second kappa shape index (κ2) is 8.89. The molecule has 6 heteroatoms. The predicted octanol–water partition coefficient (Wildman–Crippen LogP) is 3.41. The van der Waals surface area contributed by atoms with Gasteiger partial charge in [-0.25, -0.2) is 0 Å². The van der Waals surface area contributed by atoms with Crippen molar-refractivity contribution in [1.82, 2.24) is 5.32 Å². The number of nitrogens with one attached hydrogen (secondary N) is 1. The normalized spacial score (nSPS) is 13.1. The molecule has 2 rings (SSSR count). The minimum Gasteiger partial charge on any atom is -0.368 e. The maximum Gasteiger partial charge on any atom is 0.244 e. The van der Waals surface area contributed by atoms with Crippen LogP contribution in [0, 0.1) is 0 Å². The van der Waals surface area contributed by atoms with E-state index in [-0.39, 0.29) is 11.2 Å². The van der Waals surface area contributed by atoms with E-state index in [9.17, 15) is 9.59 Å². The Morgan fingerprint density at radius 3 is 2.33 bits per heavy atom. The third-order valence-electron chi connectivity index (χ3n) is 3.49. The number of hydrogen-bond acceptors (Lipinski definition) is 3. The smallest absolute Gasteiger partial charge is 0.244 e. The van der Waals surface area contributed by atoms with Gasteiger partial charge in [0, 0.05) is 10.2 Å². The van der Waals surface area contributed by atoms with Crippen LogP contribution < -0.4 is 11.1 Å². The summed E-state index contributed by atoms with van der Waals surface area (Å²) in [6, 6.07) is 16.2. The van der Waals surface area contributed by atoms with Crippen LogP contribution >= 0.6 is 27.7 Å². The van der Waals surface area contributed by atoms with Gasteiger partial charge in [0.05, 0.1) is 5.25 Å². The molecule has 0 unspecified atom stereocenters. The van der Waals surface area contributed by atoms with Gasteiger partial charge in [0.25, 0.3) is 0 Å². The molecule has 0 saturated heterocycles. The number of hydrogen-bond donors (Lipinski definition) is 2. The third-order valence-corrected chi connectivity index (χ3v) is 5.23. The van der Waals surface area contributed by atoms with E-state index in [0.717, 1.165) is 10.0 Å². The van der Waals surface area contributed by atoms with E-state index >= 15 is 0 Å². The molecular formula is C18H19BrN2O2S. The van der Waals surface area contributed by atoms with Crippen LogP contribution in [0.3, 0.4) is 0 Å². The minimum absolute atomic E-state index is 0.204. The molecule has 2 aromatic rings. The van der Waals surface area contributed by atoms with Crippen molar-refractivity contribution >= 4 is 39.5 Å². The van der Waals surface area contributed by atoms with Crippen molar-refractivity contribution in [2.75, 3.05) is 0 Å². The summed E-state index contributed by atoms with van der Waals surface area (Å²) >= 11 is 4.91. The first-order valence-corrected chi connectivity index (χ1v) is 9.32. The quantitative estimate of drug-likeness (QED) is 0.739. The zero-order valence-corrected chi connectivity index (χ0v) is 15.6. The number of rotatable bonds is 7. The third kappa shape index (κ3) is 5.39. The van der Waals surface area contributed by atoms with Crippen LogP contribution in [0.25, 0.3) is 0 Å². The molecule has 0 saturated carbocycles. The summed E-state index contributed by atoms with van der Waals surface area (Å²) < 4.78 is 1.02. The van der Waals surface area contributed by atoms with Crippen LogP contribution in [0.5, 0.6) is 0 Å². The largest absolute Gasteiger partial charge is 0.368 e. The maximum atomic E-state index is 12.4. The molecule has 0 aromatic heterocycles. The van der Waals surface area contributed by atoms with E-state index in [2.05, 4.69) is 21.2 Å². The van der Waals surface area contributed by atoms with Crippen molar-refractivity contribution in [1.29, 1.82) is 0 Å². The second-order valence-electron chi connectivity index (χ2n) is 5.33. The summed E-state index contributed by atoms with van der Waals surface area (Å²) in [7, 11) is 0. The first-order valence-electron chi connectivity index (χ1n) is 7.48. The highest BCUT2D eigenvalue weighted by Crippen LogP contribution is 2.21. The second-order valence-corrected chi connectivity index (χ2v) is 7.58. The molecule has 126 valence electrons. The van der Waals surface area contributed by atoms with Crippen molar-refractivity contribution in [3.63, 3.8) is 0 Å². The first-order chi connectivity index (χ1) is 11.5. The molecule has 3 N–H and O–H groups in total. The van der Waals surface area contributed by atoms with Gasteiger partial charge in [0.2, 0.25) is 11.8 Å². The molecule has 0 bridgehead atoms. The number of amides is 2. The highest BCUT2D eigenvalue weighted by Gasteiger charge is 2.23. The van der Waals surface area contributed by atoms with E-state index in [1.165, 1.54) is 11.8 Å². The molecular weight excluding hydrogens is 388 g/mol. The number of primary amides is 1. The lowest BCUT2D eigenvalue weighted by atomic mass is 10.1. The van der Waals surface area contributed by atoms with Crippen LogP contribution in [0.4, 0.5) is 0 Å². The first kappa shape index (κ1) is 18.5. The van der Waals surface area contributed by atoms with Crippen molar-refractivity contribution in [3.8, 4) is 0 Å². The molecule has 0 aliphatic heterocycles. The van der Waals surface area contributed by atoms with Crippen molar-refractivity contribution < 1.29 is 9.59 Å². The fourth-order valence-electron chi connectivity index (χ4n) is 2.10. The summed E-state index contributed by atoms with van der Waals surface area (Å²) in [5, 5.41) is 2.44. The van der Waals surface area contributed by atoms with E-state index < -0.39 is 11.9 Å². The van der Waals surface area contributed by atoms with Crippen LogP contribution in [0.1, 0.15) is 24.1 Å². The fourth-order valence-corrected chi connectivity index (χ4v) is 3.22. The van der Waals surface area contributed by atoms with Crippen molar-refractivity contribution in [3.05, 3.63) is 70.2 Å². The molecule has 2 aromatic carbocycles. The molecule has 4 nitrogen and oxygen atoms in total. The molecule has 0 aliphatic rings. The lowest BCUT2D eigenvalue weighted by Gasteiger charge is -2.18. The number of carbonyl (C=O) groups is 2. The predicted molar refractivity (Wildman–Crippen MR) is 101 cm³/mol. The molecule has 0 fully saturated rings. The Hall–Kier alpha value is -1.79. The van der Waals surface area contributed by atoms with Gasteiger partial charge in [0.15, 0.2) is 0 Å². The standard InChI is InChI=1S/C18H19BrN2O2S/c1-12(24-11-13-7-9-15(19)10-8-13)18(23)21-16(17(20)22)14-5-3-2-4-6-14/h2-10,12,16H,11H2,1H3,(H2,20,22)(H,21,23)/t12-,16-/m1/s1. The zero-order valence-electron chi connectivity index (χ0n) is 13.2. The summed E-state index contributed by atoms with van der Waals surface area (Å²) in [6.07, 6.45) is 0. The summed E-state index contributed by atoms with van der Waals surface area (Å²) in [5.74, 6) is -0.0570. The molecule has 24 heavy (non-hydrogen) atoms. The summed E-state index contributed by atoms with van der Waals surface area (Å²) in [5.41, 5.74) is 7.25. The Bertz CT molecular complexity index is 692. The Morgan fingerprint density at radius 2 is 1.75 bits per heavy atom. The van der Waals surface area contributed by atoms with E-state index in [1.54, 1.807) is 12.1 Å². The molecule has 0 aliphatic carbocycles. The highest BCUT2D eigenvalue weighted by molar-refractivity contribution is 9.10. The highest BCUT2D eigenvalue weighted by atomic mass is 79.9. The SMILES string of the molecule is C[C@@H](SCc1ccc(Br)cc1)C(=O)N[C@@H](C(N)=O)c1ccccc1. The Morgan fingerprint density at radius 1 is 1.12 bits per heavy atom. The molecule has 0 spiro atoms. The van der Waals surface area contributed by atoms with Crippen LogP contribution in [-0.4, -0.2) is 17.1 Å². The van der Waals surface area contributed by atoms with Gasteiger partial charge >= 0.3 is 0 Å². The monoisotopic (exact) mass is 406 g/mol. The van der Waals surface area contributed by atoms with Gasteiger partial charge in [-0.15, -0.1) is 11.8 Å².